The quantitative estimate of drug-likeness (QED) is 0.686. The predicted octanol–water partition coefficient (Wildman–Crippen LogP) is 3.34. The van der Waals surface area contributed by atoms with Gasteiger partial charge in [-0.05, 0) is 0 Å². The van der Waals surface area contributed by atoms with E-state index in [4.69, 9.17) is 4.42 Å². The molecule has 0 unspecified atom stereocenters. The zero-order valence-electron chi connectivity index (χ0n) is 12.5. The molecule has 0 aliphatic carbocycles. The summed E-state index contributed by atoms with van der Waals surface area (Å²) in [7, 11) is 0. The number of aliphatic hydroxyl groups excluding tert-OH is 1. The van der Waals surface area contributed by atoms with Gasteiger partial charge in [0.2, 0.25) is 0 Å². The van der Waals surface area contributed by atoms with Crippen molar-refractivity contribution in [3.05, 3.63) is 60.2 Å². The minimum atomic E-state index is -0.419. The van der Waals surface area contributed by atoms with Gasteiger partial charge in [0.05, 0.1) is 0 Å². The third-order valence-electron chi connectivity index (χ3n) is 3.81. The fourth-order valence-corrected chi connectivity index (χ4v) is 4.72. The average Bonchev–Trinajstić information content (AvgIpc) is 2.99. The number of rotatable bonds is 6. The van der Waals surface area contributed by atoms with Crippen LogP contribution in [0.5, 0.6) is 0 Å². The number of fused-ring (bicyclic) bond motifs is 1. The van der Waals surface area contributed by atoms with E-state index >= 15 is 0 Å². The van der Waals surface area contributed by atoms with Crippen LogP contribution in [-0.2, 0) is 0 Å². The van der Waals surface area contributed by atoms with E-state index in [0.29, 0.717) is 0 Å². The second kappa shape index (κ2) is 7.10. The van der Waals surface area contributed by atoms with Gasteiger partial charge in [0.25, 0.3) is 0 Å². The number of benzene rings is 2. The molecule has 0 saturated heterocycles. The zero-order chi connectivity index (χ0) is 15.4. The predicted molar refractivity (Wildman–Crippen MR) is 89.4 cm³/mol. The van der Waals surface area contributed by atoms with Crippen molar-refractivity contribution < 1.29 is 9.52 Å². The van der Waals surface area contributed by atoms with Crippen LogP contribution in [0.3, 0.4) is 0 Å². The van der Waals surface area contributed by atoms with Gasteiger partial charge in [-0.2, -0.15) is 0 Å². The first-order valence-corrected chi connectivity index (χ1v) is 9.56. The van der Waals surface area contributed by atoms with Crippen LogP contribution in [0, 0.1) is 5.92 Å². The maximum atomic E-state index is 10.6. The first-order chi connectivity index (χ1) is 10.8. The molecular weight excluding hydrogens is 341 g/mol. The Balaban J connectivity index is 1.68. The van der Waals surface area contributed by atoms with Crippen LogP contribution in [0.25, 0.3) is 11.1 Å². The van der Waals surface area contributed by atoms with Crippen molar-refractivity contribution >= 4 is 30.8 Å². The molecule has 0 aliphatic rings. The summed E-state index contributed by atoms with van der Waals surface area (Å²) in [6.45, 7) is 2.12. The van der Waals surface area contributed by atoms with Crippen LogP contribution in [0.15, 0.2) is 59.0 Å². The van der Waals surface area contributed by atoms with E-state index in [1.807, 2.05) is 54.6 Å². The summed E-state index contributed by atoms with van der Waals surface area (Å²) in [5, 5.41) is 11.5. The Kier molecular flexibility index (Phi) is 4.93. The molecule has 0 saturated carbocycles. The number of nitrogens with zero attached hydrogens (tertiary/aromatic N) is 1. The summed E-state index contributed by atoms with van der Waals surface area (Å²) in [6.07, 6.45) is 0.523. The summed E-state index contributed by atoms with van der Waals surface area (Å²) in [5.41, 5.74) is 2.75. The van der Waals surface area contributed by atoms with E-state index in [-0.39, 0.29) is 20.9 Å². The molecule has 3 aromatic rings. The fraction of sp³-hybridized carbons (Fsp3) is 0.278. The third-order valence-corrected chi connectivity index (χ3v) is 5.94. The molecule has 2 aromatic carbocycles. The number of oxazole rings is 1. The topological polar surface area (TPSA) is 46.3 Å². The van der Waals surface area contributed by atoms with Gasteiger partial charge in [-0.1, -0.05) is 0 Å². The molecule has 0 radical (unpaired) electrons. The van der Waals surface area contributed by atoms with Gasteiger partial charge in [0.15, 0.2) is 0 Å². The van der Waals surface area contributed by atoms with Crippen LogP contribution in [0.1, 0.15) is 25.0 Å². The first-order valence-electron chi connectivity index (χ1n) is 7.49. The van der Waals surface area contributed by atoms with Crippen LogP contribution in [0.2, 0.25) is 5.32 Å². The van der Waals surface area contributed by atoms with Gasteiger partial charge in [-0.15, -0.1) is 0 Å². The Morgan fingerprint density at radius 3 is 2.55 bits per heavy atom. The molecule has 2 atom stereocenters. The monoisotopic (exact) mass is 361 g/mol. The van der Waals surface area contributed by atoms with Gasteiger partial charge in [-0.25, -0.2) is 0 Å². The van der Waals surface area contributed by atoms with Crippen LogP contribution < -0.4 is 4.79 Å². The van der Waals surface area contributed by atoms with Crippen LogP contribution in [-0.4, -0.2) is 25.0 Å². The zero-order valence-corrected chi connectivity index (χ0v) is 14.2. The van der Waals surface area contributed by atoms with Gasteiger partial charge < -0.3 is 0 Å². The molecular formula is C18H19NO2Se. The number of hydrogen-bond acceptors (Lipinski definition) is 3. The molecule has 3 nitrogen and oxygen atoms in total. The molecule has 4 heteroatoms. The van der Waals surface area contributed by atoms with Crippen molar-refractivity contribution in [3.8, 4) is 0 Å². The van der Waals surface area contributed by atoms with Crippen molar-refractivity contribution in [2.45, 2.75) is 24.8 Å². The van der Waals surface area contributed by atoms with E-state index in [2.05, 4.69) is 11.9 Å². The number of para-hydroxylation sites is 2. The normalized spacial score (nSPS) is 14.1. The number of aromatic nitrogens is 1. The fourth-order valence-electron chi connectivity index (χ4n) is 2.45. The van der Waals surface area contributed by atoms with Crippen molar-refractivity contribution in [1.29, 1.82) is 0 Å². The van der Waals surface area contributed by atoms with Crippen LogP contribution >= 0.6 is 0 Å². The maximum absolute atomic E-state index is 10.6. The second-order valence-corrected chi connectivity index (χ2v) is 7.32. The first kappa shape index (κ1) is 15.3. The van der Waals surface area contributed by atoms with E-state index in [1.165, 1.54) is 0 Å². The molecule has 1 N–H and O–H groups in total. The van der Waals surface area contributed by atoms with Gasteiger partial charge in [0.1, 0.15) is 0 Å². The Bertz CT molecular complexity index is 693. The van der Waals surface area contributed by atoms with Crippen molar-refractivity contribution in [2.75, 3.05) is 0 Å². The number of hydrogen-bond donors (Lipinski definition) is 1. The Labute approximate surface area is 136 Å². The second-order valence-electron chi connectivity index (χ2n) is 5.28. The van der Waals surface area contributed by atoms with E-state index in [0.717, 1.165) is 33.2 Å². The third kappa shape index (κ3) is 3.41. The van der Waals surface area contributed by atoms with Gasteiger partial charge in [0, 0.05) is 0 Å². The van der Waals surface area contributed by atoms with Crippen molar-refractivity contribution in [2.24, 2.45) is 5.92 Å². The molecule has 114 valence electrons. The van der Waals surface area contributed by atoms with Crippen LogP contribution in [0.4, 0.5) is 0 Å². The summed E-state index contributed by atoms with van der Waals surface area (Å²) in [6, 6.07) is 17.7. The Morgan fingerprint density at radius 1 is 1.09 bits per heavy atom. The molecule has 3 rings (SSSR count). The molecule has 1 aromatic heterocycles. The van der Waals surface area contributed by atoms with Crippen molar-refractivity contribution in [1.82, 2.24) is 4.98 Å². The summed E-state index contributed by atoms with van der Waals surface area (Å²) >= 11 is 0.134. The minimum absolute atomic E-state index is 0.134. The standard InChI is InChI=1S/C18H19NO2Se/c1-2-13(17(20)14-8-4-3-5-9-14)12-22-18-19-15-10-6-7-11-16(15)21-18/h3-11,13,17,20H,2,12H2,1H3/t13-,17+/m1/s1. The summed E-state index contributed by atoms with van der Waals surface area (Å²) in [4.78, 5) is 5.34. The van der Waals surface area contributed by atoms with E-state index in [9.17, 15) is 5.11 Å². The van der Waals surface area contributed by atoms with E-state index < -0.39 is 6.10 Å². The van der Waals surface area contributed by atoms with Gasteiger partial charge in [-0.3, -0.25) is 0 Å². The molecule has 0 amide bonds. The number of aliphatic hydroxyl groups is 1. The van der Waals surface area contributed by atoms with E-state index in [1.54, 1.807) is 0 Å². The molecule has 22 heavy (non-hydrogen) atoms. The molecule has 0 aliphatic heterocycles. The van der Waals surface area contributed by atoms with Gasteiger partial charge >= 0.3 is 136 Å². The molecule has 0 spiro atoms. The Hall–Kier alpha value is -1.61. The Morgan fingerprint density at radius 2 is 1.82 bits per heavy atom. The average molecular weight is 360 g/mol. The molecule has 0 bridgehead atoms. The van der Waals surface area contributed by atoms with Crippen molar-refractivity contribution in [3.63, 3.8) is 0 Å². The molecule has 0 fully saturated rings. The molecule has 1 heterocycles. The summed E-state index contributed by atoms with van der Waals surface area (Å²) in [5.74, 6) is 0.234. The SMILES string of the molecule is CC[C@H](C[Se]c1nc2ccccc2o1)[C@H](O)c1ccccc1. The summed E-state index contributed by atoms with van der Waals surface area (Å²) < 4.78 is 5.78.